The Kier molecular flexibility index (Phi) is 3.99. The summed E-state index contributed by atoms with van der Waals surface area (Å²) in [5.41, 5.74) is 1.92. The molecule has 0 radical (unpaired) electrons. The van der Waals surface area contributed by atoms with E-state index >= 15 is 0 Å². The van der Waals surface area contributed by atoms with Crippen LogP contribution >= 0.6 is 0 Å². The highest BCUT2D eigenvalue weighted by atomic mass is 16.5. The van der Waals surface area contributed by atoms with E-state index in [-0.39, 0.29) is 0 Å². The molecule has 18 heavy (non-hydrogen) atoms. The molecule has 0 saturated heterocycles. The highest BCUT2D eigenvalue weighted by molar-refractivity contribution is 5.38. The second-order valence-electron chi connectivity index (χ2n) is 4.18. The van der Waals surface area contributed by atoms with E-state index in [1.165, 1.54) is 0 Å². The second kappa shape index (κ2) is 5.69. The predicted molar refractivity (Wildman–Crippen MR) is 69.6 cm³/mol. The van der Waals surface area contributed by atoms with Crippen molar-refractivity contribution in [1.82, 2.24) is 9.78 Å². The van der Waals surface area contributed by atoms with Crippen LogP contribution in [-0.4, -0.2) is 21.5 Å². The zero-order valence-corrected chi connectivity index (χ0v) is 10.7. The van der Waals surface area contributed by atoms with Gasteiger partial charge in [0.1, 0.15) is 5.75 Å². The van der Waals surface area contributed by atoms with E-state index in [1.807, 2.05) is 42.1 Å². The molecule has 1 N–H and O–H groups in total. The lowest BCUT2D eigenvalue weighted by Gasteiger charge is -2.13. The average Bonchev–Trinajstić information content (AvgIpc) is 2.84. The number of ether oxygens (including phenoxy) is 1. The molecule has 0 aliphatic heterocycles. The SMILES string of the molecule is CCOc1ccc(C(C)O)cc1Cn1cccn1. The van der Waals surface area contributed by atoms with Gasteiger partial charge in [0.15, 0.2) is 0 Å². The molecule has 1 atom stereocenters. The van der Waals surface area contributed by atoms with Crippen molar-refractivity contribution in [2.75, 3.05) is 6.61 Å². The van der Waals surface area contributed by atoms with Crippen LogP contribution in [0.3, 0.4) is 0 Å². The number of hydrogen-bond donors (Lipinski definition) is 1. The maximum atomic E-state index is 9.63. The van der Waals surface area contributed by atoms with Crippen LogP contribution in [0.2, 0.25) is 0 Å². The number of aromatic nitrogens is 2. The van der Waals surface area contributed by atoms with Crippen molar-refractivity contribution in [2.24, 2.45) is 0 Å². The van der Waals surface area contributed by atoms with Gasteiger partial charge in [-0.2, -0.15) is 5.10 Å². The number of hydrogen-bond acceptors (Lipinski definition) is 3. The van der Waals surface area contributed by atoms with E-state index in [1.54, 1.807) is 13.1 Å². The van der Waals surface area contributed by atoms with Gasteiger partial charge in [-0.3, -0.25) is 4.68 Å². The molecule has 0 aliphatic carbocycles. The molecule has 4 heteroatoms. The van der Waals surface area contributed by atoms with Gasteiger partial charge >= 0.3 is 0 Å². The van der Waals surface area contributed by atoms with E-state index in [9.17, 15) is 5.11 Å². The lowest BCUT2D eigenvalue weighted by Crippen LogP contribution is -2.05. The number of nitrogens with zero attached hydrogens (tertiary/aromatic N) is 2. The van der Waals surface area contributed by atoms with Crippen molar-refractivity contribution in [3.05, 3.63) is 47.8 Å². The fourth-order valence-electron chi connectivity index (χ4n) is 1.85. The Morgan fingerprint density at radius 2 is 2.28 bits per heavy atom. The molecule has 1 aromatic heterocycles. The Hall–Kier alpha value is -1.81. The Balaban J connectivity index is 2.31. The summed E-state index contributed by atoms with van der Waals surface area (Å²) in [7, 11) is 0. The van der Waals surface area contributed by atoms with Crippen molar-refractivity contribution < 1.29 is 9.84 Å². The number of aliphatic hydroxyl groups excluding tert-OH is 1. The quantitative estimate of drug-likeness (QED) is 0.881. The molecule has 0 aliphatic rings. The summed E-state index contributed by atoms with van der Waals surface area (Å²) < 4.78 is 7.43. The summed E-state index contributed by atoms with van der Waals surface area (Å²) >= 11 is 0. The fraction of sp³-hybridized carbons (Fsp3) is 0.357. The van der Waals surface area contributed by atoms with Crippen LogP contribution in [0.15, 0.2) is 36.7 Å². The lowest BCUT2D eigenvalue weighted by molar-refractivity contribution is 0.199. The van der Waals surface area contributed by atoms with Crippen molar-refractivity contribution in [3.63, 3.8) is 0 Å². The van der Waals surface area contributed by atoms with Gasteiger partial charge in [0.2, 0.25) is 0 Å². The first-order valence-corrected chi connectivity index (χ1v) is 6.12. The zero-order chi connectivity index (χ0) is 13.0. The Labute approximate surface area is 107 Å². The monoisotopic (exact) mass is 246 g/mol. The molecule has 0 saturated carbocycles. The van der Waals surface area contributed by atoms with Gasteiger partial charge in [-0.25, -0.2) is 0 Å². The van der Waals surface area contributed by atoms with Crippen molar-refractivity contribution >= 4 is 0 Å². The number of aliphatic hydroxyl groups is 1. The first-order valence-electron chi connectivity index (χ1n) is 6.12. The van der Waals surface area contributed by atoms with Crippen LogP contribution in [0.5, 0.6) is 5.75 Å². The molecule has 1 heterocycles. The largest absolute Gasteiger partial charge is 0.494 e. The van der Waals surface area contributed by atoms with Gasteiger partial charge in [0.25, 0.3) is 0 Å². The first kappa shape index (κ1) is 12.6. The first-order chi connectivity index (χ1) is 8.70. The van der Waals surface area contributed by atoms with Crippen molar-refractivity contribution in [1.29, 1.82) is 0 Å². The molecule has 2 rings (SSSR count). The van der Waals surface area contributed by atoms with Crippen molar-refractivity contribution in [2.45, 2.75) is 26.5 Å². The molecule has 96 valence electrons. The molecule has 0 fully saturated rings. The lowest BCUT2D eigenvalue weighted by atomic mass is 10.1. The molecule has 1 aromatic carbocycles. The van der Waals surface area contributed by atoms with Gasteiger partial charge < -0.3 is 9.84 Å². The third-order valence-electron chi connectivity index (χ3n) is 2.76. The van der Waals surface area contributed by atoms with E-state index in [0.717, 1.165) is 16.9 Å². The maximum absolute atomic E-state index is 9.63. The minimum Gasteiger partial charge on any atom is -0.494 e. The standard InChI is InChI=1S/C14H18N2O2/c1-3-18-14-6-5-12(11(2)17)9-13(14)10-16-8-4-7-15-16/h4-9,11,17H,3,10H2,1-2H3. The highest BCUT2D eigenvalue weighted by Gasteiger charge is 2.08. The summed E-state index contributed by atoms with van der Waals surface area (Å²) in [6.45, 7) is 4.98. The molecular weight excluding hydrogens is 228 g/mol. The number of rotatable bonds is 5. The van der Waals surface area contributed by atoms with Crippen LogP contribution in [0.25, 0.3) is 0 Å². The van der Waals surface area contributed by atoms with E-state index in [0.29, 0.717) is 13.2 Å². The normalized spacial score (nSPS) is 12.4. The smallest absolute Gasteiger partial charge is 0.124 e. The fourth-order valence-corrected chi connectivity index (χ4v) is 1.85. The summed E-state index contributed by atoms with van der Waals surface area (Å²) in [6.07, 6.45) is 3.18. The molecule has 0 amide bonds. The van der Waals surface area contributed by atoms with Gasteiger partial charge in [-0.1, -0.05) is 6.07 Å². The van der Waals surface area contributed by atoms with Crippen LogP contribution in [0.4, 0.5) is 0 Å². The van der Waals surface area contributed by atoms with Crippen LogP contribution in [-0.2, 0) is 6.54 Å². The van der Waals surface area contributed by atoms with Gasteiger partial charge in [0, 0.05) is 18.0 Å². The summed E-state index contributed by atoms with van der Waals surface area (Å²) in [5.74, 6) is 0.845. The topological polar surface area (TPSA) is 47.3 Å². The Morgan fingerprint density at radius 3 is 2.89 bits per heavy atom. The highest BCUT2D eigenvalue weighted by Crippen LogP contribution is 2.24. The molecule has 0 bridgehead atoms. The predicted octanol–water partition coefficient (Wildman–Crippen LogP) is 2.38. The number of benzene rings is 1. The third-order valence-corrected chi connectivity index (χ3v) is 2.76. The summed E-state index contributed by atoms with van der Waals surface area (Å²) in [5, 5.41) is 13.8. The average molecular weight is 246 g/mol. The molecule has 4 nitrogen and oxygen atoms in total. The van der Waals surface area contributed by atoms with Crippen LogP contribution in [0, 0.1) is 0 Å². The third kappa shape index (κ3) is 2.90. The maximum Gasteiger partial charge on any atom is 0.124 e. The Bertz CT molecular complexity index is 493. The van der Waals surface area contributed by atoms with E-state index in [4.69, 9.17) is 4.74 Å². The van der Waals surface area contributed by atoms with Crippen LogP contribution < -0.4 is 4.74 Å². The van der Waals surface area contributed by atoms with E-state index in [2.05, 4.69) is 5.10 Å². The van der Waals surface area contributed by atoms with Crippen molar-refractivity contribution in [3.8, 4) is 5.75 Å². The molecular formula is C14H18N2O2. The summed E-state index contributed by atoms with van der Waals surface area (Å²) in [4.78, 5) is 0. The molecule has 1 unspecified atom stereocenters. The van der Waals surface area contributed by atoms with Gasteiger partial charge in [-0.15, -0.1) is 0 Å². The second-order valence-corrected chi connectivity index (χ2v) is 4.18. The Morgan fingerprint density at radius 1 is 1.44 bits per heavy atom. The van der Waals surface area contributed by atoms with Gasteiger partial charge in [0.05, 0.1) is 19.3 Å². The van der Waals surface area contributed by atoms with Gasteiger partial charge in [-0.05, 0) is 37.6 Å². The zero-order valence-electron chi connectivity index (χ0n) is 10.7. The summed E-state index contributed by atoms with van der Waals surface area (Å²) in [6, 6.07) is 7.66. The minimum absolute atomic E-state index is 0.475. The minimum atomic E-state index is -0.475. The van der Waals surface area contributed by atoms with E-state index < -0.39 is 6.10 Å². The molecule has 2 aromatic rings. The molecule has 0 spiro atoms. The van der Waals surface area contributed by atoms with Crippen LogP contribution in [0.1, 0.15) is 31.1 Å².